The fraction of sp³-hybridized carbons (Fsp3) is 0.400. The van der Waals surface area contributed by atoms with Gasteiger partial charge >= 0.3 is 0 Å². The van der Waals surface area contributed by atoms with Crippen LogP contribution in [0.15, 0.2) is 29.4 Å². The molecule has 1 aromatic heterocycles. The number of benzene rings is 1. The monoisotopic (exact) mass is 331 g/mol. The van der Waals surface area contributed by atoms with Crippen molar-refractivity contribution in [2.24, 2.45) is 0 Å². The number of carbonyl (C=O) groups excluding carboxylic acids is 2. The molecule has 1 heterocycles. The highest BCUT2D eigenvalue weighted by molar-refractivity contribution is 8.00. The summed E-state index contributed by atoms with van der Waals surface area (Å²) in [6, 6.07) is 7.27. The summed E-state index contributed by atoms with van der Waals surface area (Å²) in [6.07, 6.45) is 3.53. The van der Waals surface area contributed by atoms with Crippen molar-refractivity contribution in [2.45, 2.75) is 43.0 Å². The zero-order valence-corrected chi connectivity index (χ0v) is 13.5. The average Bonchev–Trinajstić information content (AvgIpc) is 2.97. The van der Waals surface area contributed by atoms with E-state index in [0.717, 1.165) is 24.9 Å². The van der Waals surface area contributed by atoms with E-state index in [1.165, 1.54) is 18.7 Å². The number of carbonyl (C=O) groups is 2. The number of thioether (sulfide) groups is 1. The Morgan fingerprint density at radius 3 is 3.04 bits per heavy atom. The normalized spacial score (nSPS) is 18.0. The molecule has 23 heavy (non-hydrogen) atoms. The van der Waals surface area contributed by atoms with E-state index in [-0.39, 0.29) is 16.9 Å². The van der Waals surface area contributed by atoms with Crippen LogP contribution in [0.5, 0.6) is 0 Å². The minimum Gasteiger partial charge on any atom is -0.326 e. The molecule has 0 saturated heterocycles. The Kier molecular flexibility index (Phi) is 4.71. The van der Waals surface area contributed by atoms with Gasteiger partial charge in [-0.05, 0) is 41.5 Å². The Morgan fingerprint density at radius 1 is 1.39 bits per heavy atom. The molecule has 7 nitrogen and oxygen atoms in total. The first-order chi connectivity index (χ1) is 11.1. The van der Waals surface area contributed by atoms with E-state index in [0.29, 0.717) is 17.3 Å². The van der Waals surface area contributed by atoms with Crippen molar-refractivity contribution in [1.29, 1.82) is 0 Å². The first-order valence-corrected chi connectivity index (χ1v) is 8.37. The summed E-state index contributed by atoms with van der Waals surface area (Å²) in [4.78, 5) is 23.2. The van der Waals surface area contributed by atoms with Crippen LogP contribution >= 0.6 is 11.8 Å². The lowest BCUT2D eigenvalue weighted by molar-refractivity contribution is -0.119. The van der Waals surface area contributed by atoms with Gasteiger partial charge in [0.05, 0.1) is 10.9 Å². The molecule has 0 radical (unpaired) electrons. The van der Waals surface area contributed by atoms with E-state index in [2.05, 4.69) is 20.8 Å². The Hall–Kier alpha value is -2.22. The van der Waals surface area contributed by atoms with Crippen molar-refractivity contribution in [1.82, 2.24) is 20.2 Å². The number of ketones is 1. The van der Waals surface area contributed by atoms with Crippen molar-refractivity contribution >= 4 is 29.1 Å². The maximum absolute atomic E-state index is 12.0. The topological polar surface area (TPSA) is 89.8 Å². The maximum Gasteiger partial charge on any atom is 0.221 e. The summed E-state index contributed by atoms with van der Waals surface area (Å²) >= 11 is 1.41. The second-order valence-electron chi connectivity index (χ2n) is 5.42. The molecule has 0 bridgehead atoms. The zero-order chi connectivity index (χ0) is 16.2. The Bertz CT molecular complexity index is 730. The molecule has 1 aliphatic carbocycles. The first kappa shape index (κ1) is 15.7. The van der Waals surface area contributed by atoms with Crippen LogP contribution in [0.1, 0.15) is 32.6 Å². The van der Waals surface area contributed by atoms with E-state index in [1.807, 2.05) is 12.1 Å². The van der Waals surface area contributed by atoms with Crippen molar-refractivity contribution in [2.75, 3.05) is 5.32 Å². The summed E-state index contributed by atoms with van der Waals surface area (Å²) in [6.45, 7) is 1.46. The molecule has 2 aromatic rings. The number of rotatable bonds is 4. The molecule has 0 spiro atoms. The minimum absolute atomic E-state index is 0.0768. The third kappa shape index (κ3) is 3.76. The fourth-order valence-corrected chi connectivity index (χ4v) is 3.65. The minimum atomic E-state index is -0.138. The van der Waals surface area contributed by atoms with Crippen molar-refractivity contribution in [3.8, 4) is 5.69 Å². The van der Waals surface area contributed by atoms with E-state index >= 15 is 0 Å². The van der Waals surface area contributed by atoms with Gasteiger partial charge in [0, 0.05) is 19.0 Å². The number of nitrogens with zero attached hydrogens (tertiary/aromatic N) is 4. The SMILES string of the molecule is CC(=O)Nc1cccc(-n2nnnc2S[C@@H]2CCCCC2=O)c1. The molecule has 8 heteroatoms. The van der Waals surface area contributed by atoms with Gasteiger partial charge < -0.3 is 5.32 Å². The van der Waals surface area contributed by atoms with Crippen LogP contribution in [-0.4, -0.2) is 37.1 Å². The number of hydrogen-bond acceptors (Lipinski definition) is 6. The summed E-state index contributed by atoms with van der Waals surface area (Å²) in [7, 11) is 0. The van der Waals surface area contributed by atoms with Crippen LogP contribution in [0.3, 0.4) is 0 Å². The number of tetrazole rings is 1. The molecule has 0 unspecified atom stereocenters. The molecular weight excluding hydrogens is 314 g/mol. The molecule has 1 aromatic carbocycles. The lowest BCUT2D eigenvalue weighted by Crippen LogP contribution is -2.21. The predicted molar refractivity (Wildman–Crippen MR) is 86.6 cm³/mol. The molecule has 3 rings (SSSR count). The smallest absolute Gasteiger partial charge is 0.221 e. The Balaban J connectivity index is 1.83. The second kappa shape index (κ2) is 6.91. The Morgan fingerprint density at radius 2 is 2.26 bits per heavy atom. The van der Waals surface area contributed by atoms with Gasteiger partial charge in [-0.2, -0.15) is 4.68 Å². The Labute approximate surface area is 137 Å². The van der Waals surface area contributed by atoms with E-state index in [1.54, 1.807) is 16.8 Å². The first-order valence-electron chi connectivity index (χ1n) is 7.49. The van der Waals surface area contributed by atoms with Gasteiger partial charge in [0.2, 0.25) is 11.1 Å². The molecular formula is C15H17N5O2S. The number of aromatic nitrogens is 4. The van der Waals surface area contributed by atoms with Crippen LogP contribution in [0, 0.1) is 0 Å². The number of hydrogen-bond donors (Lipinski definition) is 1. The highest BCUT2D eigenvalue weighted by atomic mass is 32.2. The highest BCUT2D eigenvalue weighted by Crippen LogP contribution is 2.31. The van der Waals surface area contributed by atoms with Crippen LogP contribution in [0.4, 0.5) is 5.69 Å². The summed E-state index contributed by atoms with van der Waals surface area (Å²) in [5.41, 5.74) is 1.42. The lowest BCUT2D eigenvalue weighted by Gasteiger charge is -2.19. The van der Waals surface area contributed by atoms with Crippen LogP contribution in [0.25, 0.3) is 5.69 Å². The number of anilines is 1. The molecule has 0 aliphatic heterocycles. The third-order valence-corrected chi connectivity index (χ3v) is 4.85. The van der Waals surface area contributed by atoms with Gasteiger partial charge in [-0.1, -0.05) is 24.2 Å². The predicted octanol–water partition coefficient (Wildman–Crippen LogP) is 2.22. The zero-order valence-electron chi connectivity index (χ0n) is 12.7. The molecule has 1 aliphatic rings. The van der Waals surface area contributed by atoms with Crippen LogP contribution in [-0.2, 0) is 9.59 Å². The van der Waals surface area contributed by atoms with Gasteiger partial charge in [0.1, 0.15) is 5.78 Å². The van der Waals surface area contributed by atoms with Crippen LogP contribution in [0.2, 0.25) is 0 Å². The van der Waals surface area contributed by atoms with E-state index in [4.69, 9.17) is 0 Å². The van der Waals surface area contributed by atoms with Crippen molar-refractivity contribution in [3.63, 3.8) is 0 Å². The molecule has 1 saturated carbocycles. The van der Waals surface area contributed by atoms with E-state index in [9.17, 15) is 9.59 Å². The number of Topliss-reactive ketones (excluding diaryl/α,β-unsaturated/α-hetero) is 1. The van der Waals surface area contributed by atoms with Gasteiger partial charge in [0.25, 0.3) is 0 Å². The fourth-order valence-electron chi connectivity index (χ4n) is 2.54. The van der Waals surface area contributed by atoms with Gasteiger partial charge in [-0.25, -0.2) is 0 Å². The molecule has 1 fully saturated rings. The molecule has 120 valence electrons. The molecule has 1 N–H and O–H groups in total. The van der Waals surface area contributed by atoms with Gasteiger partial charge in [-0.15, -0.1) is 5.10 Å². The van der Waals surface area contributed by atoms with E-state index < -0.39 is 0 Å². The van der Waals surface area contributed by atoms with Crippen LogP contribution < -0.4 is 5.32 Å². The van der Waals surface area contributed by atoms with Crippen molar-refractivity contribution < 1.29 is 9.59 Å². The van der Waals surface area contributed by atoms with Gasteiger partial charge in [-0.3, -0.25) is 9.59 Å². The average molecular weight is 331 g/mol. The quantitative estimate of drug-likeness (QED) is 0.924. The molecule has 1 atom stereocenters. The maximum atomic E-state index is 12.0. The standard InChI is InChI=1S/C15H17N5O2S/c1-10(21)16-11-5-4-6-12(9-11)20-15(17-18-19-20)23-14-8-3-2-7-13(14)22/h4-6,9,14H,2-3,7-8H2,1H3,(H,16,21)/t14-/m1/s1. The lowest BCUT2D eigenvalue weighted by atomic mass is 9.99. The number of nitrogens with one attached hydrogen (secondary N) is 1. The summed E-state index contributed by atoms with van der Waals surface area (Å²) in [5, 5.41) is 15.0. The van der Waals surface area contributed by atoms with Gasteiger partial charge in [0.15, 0.2) is 0 Å². The van der Waals surface area contributed by atoms with Crippen molar-refractivity contribution in [3.05, 3.63) is 24.3 Å². The summed E-state index contributed by atoms with van der Waals surface area (Å²) < 4.78 is 1.60. The largest absolute Gasteiger partial charge is 0.326 e. The highest BCUT2D eigenvalue weighted by Gasteiger charge is 2.25. The molecule has 1 amide bonds. The number of amides is 1. The summed E-state index contributed by atoms with van der Waals surface area (Å²) in [5.74, 6) is 0.129. The second-order valence-corrected chi connectivity index (χ2v) is 6.59. The third-order valence-electron chi connectivity index (χ3n) is 3.60.